The van der Waals surface area contributed by atoms with E-state index in [2.05, 4.69) is 4.74 Å². The summed E-state index contributed by atoms with van der Waals surface area (Å²) < 4.78 is 61.2. The Morgan fingerprint density at radius 2 is 1.52 bits per heavy atom. The van der Waals surface area contributed by atoms with Gasteiger partial charge in [0.2, 0.25) is 0 Å². The standard InChI is InChI=1S/C18H23F3O8/c1-17(2,3)29-15(22)11-26-5-4-25-6-7-27-13-8-12(16(23)24)9-14(10-13)28-18(19,20)21/h8-10H,4-7,11H2,1-3H3,(H,23,24). The zero-order chi connectivity index (χ0) is 22.1. The van der Waals surface area contributed by atoms with Gasteiger partial charge in [0.1, 0.15) is 30.3 Å². The molecule has 1 rings (SSSR count). The topological polar surface area (TPSA) is 101 Å². The average molecular weight is 424 g/mol. The van der Waals surface area contributed by atoms with Crippen LogP contribution in [0.5, 0.6) is 11.5 Å². The smallest absolute Gasteiger partial charge is 0.491 e. The van der Waals surface area contributed by atoms with Crippen molar-refractivity contribution in [1.82, 2.24) is 0 Å². The van der Waals surface area contributed by atoms with Gasteiger partial charge in [-0.05, 0) is 32.9 Å². The molecule has 1 N–H and O–H groups in total. The summed E-state index contributed by atoms with van der Waals surface area (Å²) >= 11 is 0. The van der Waals surface area contributed by atoms with E-state index in [9.17, 15) is 22.8 Å². The quantitative estimate of drug-likeness (QED) is 0.427. The largest absolute Gasteiger partial charge is 0.573 e. The molecule has 0 unspecified atom stereocenters. The average Bonchev–Trinajstić information content (AvgIpc) is 2.53. The highest BCUT2D eigenvalue weighted by atomic mass is 19.4. The molecular weight excluding hydrogens is 401 g/mol. The second kappa shape index (κ2) is 10.9. The van der Waals surface area contributed by atoms with Gasteiger partial charge in [-0.15, -0.1) is 13.2 Å². The van der Waals surface area contributed by atoms with Crippen LogP contribution in [0.2, 0.25) is 0 Å². The van der Waals surface area contributed by atoms with E-state index in [4.69, 9.17) is 24.1 Å². The van der Waals surface area contributed by atoms with Crippen LogP contribution in [0.1, 0.15) is 31.1 Å². The number of carbonyl (C=O) groups excluding carboxylic acids is 1. The molecule has 164 valence electrons. The third kappa shape index (κ3) is 11.8. The second-order valence-electron chi connectivity index (χ2n) is 6.65. The highest BCUT2D eigenvalue weighted by Crippen LogP contribution is 2.28. The summed E-state index contributed by atoms with van der Waals surface area (Å²) in [6.07, 6.45) is -4.96. The number of hydrogen-bond donors (Lipinski definition) is 1. The van der Waals surface area contributed by atoms with Crippen molar-refractivity contribution in [1.29, 1.82) is 0 Å². The first-order chi connectivity index (χ1) is 13.4. The van der Waals surface area contributed by atoms with Crippen LogP contribution in [0, 0.1) is 0 Å². The van der Waals surface area contributed by atoms with E-state index in [1.165, 1.54) is 0 Å². The van der Waals surface area contributed by atoms with Crippen molar-refractivity contribution in [3.05, 3.63) is 23.8 Å². The molecule has 0 radical (unpaired) electrons. The van der Waals surface area contributed by atoms with Gasteiger partial charge in [-0.2, -0.15) is 0 Å². The molecule has 0 fully saturated rings. The molecule has 0 heterocycles. The Hall–Kier alpha value is -2.53. The van der Waals surface area contributed by atoms with Gasteiger partial charge in [0.25, 0.3) is 0 Å². The van der Waals surface area contributed by atoms with Crippen molar-refractivity contribution in [3.8, 4) is 11.5 Å². The summed E-state index contributed by atoms with van der Waals surface area (Å²) in [7, 11) is 0. The fourth-order valence-corrected chi connectivity index (χ4v) is 1.94. The second-order valence-corrected chi connectivity index (χ2v) is 6.65. The monoisotopic (exact) mass is 424 g/mol. The minimum absolute atomic E-state index is 0.0550. The SMILES string of the molecule is CC(C)(C)OC(=O)COCCOCCOc1cc(OC(F)(F)F)cc(C(=O)O)c1. The highest BCUT2D eigenvalue weighted by Gasteiger charge is 2.31. The Labute approximate surface area is 165 Å². The molecule has 0 atom stereocenters. The molecule has 0 aliphatic carbocycles. The number of carboxylic acids is 1. The number of carboxylic acid groups (broad SMARTS) is 1. The van der Waals surface area contributed by atoms with Gasteiger partial charge in [0.05, 0.1) is 25.4 Å². The van der Waals surface area contributed by atoms with Gasteiger partial charge in [-0.25, -0.2) is 9.59 Å². The zero-order valence-electron chi connectivity index (χ0n) is 16.2. The summed E-state index contributed by atoms with van der Waals surface area (Å²) in [6.45, 7) is 5.25. The van der Waals surface area contributed by atoms with Crippen LogP contribution in [0.25, 0.3) is 0 Å². The fraction of sp³-hybridized carbons (Fsp3) is 0.556. The van der Waals surface area contributed by atoms with Crippen LogP contribution in [0.3, 0.4) is 0 Å². The third-order valence-electron chi connectivity index (χ3n) is 2.87. The Morgan fingerprint density at radius 1 is 0.931 bits per heavy atom. The van der Waals surface area contributed by atoms with Gasteiger partial charge in [-0.3, -0.25) is 0 Å². The van der Waals surface area contributed by atoms with E-state index in [0.29, 0.717) is 0 Å². The molecule has 0 saturated carbocycles. The predicted octanol–water partition coefficient (Wildman–Crippen LogP) is 3.04. The summed E-state index contributed by atoms with van der Waals surface area (Å²) in [5.41, 5.74) is -1.02. The van der Waals surface area contributed by atoms with Crippen molar-refractivity contribution >= 4 is 11.9 Å². The Kier molecular flexibility index (Phi) is 9.18. The van der Waals surface area contributed by atoms with Crippen molar-refractivity contribution in [2.45, 2.75) is 32.7 Å². The van der Waals surface area contributed by atoms with E-state index in [-0.39, 0.29) is 38.8 Å². The van der Waals surface area contributed by atoms with Gasteiger partial charge in [0.15, 0.2) is 0 Å². The van der Waals surface area contributed by atoms with Crippen LogP contribution in [-0.2, 0) is 19.0 Å². The summed E-state index contributed by atoms with van der Waals surface area (Å²) in [6, 6.07) is 2.72. The predicted molar refractivity (Wildman–Crippen MR) is 93.1 cm³/mol. The molecular formula is C18H23F3O8. The van der Waals surface area contributed by atoms with Crippen LogP contribution in [0.15, 0.2) is 18.2 Å². The number of alkyl halides is 3. The van der Waals surface area contributed by atoms with Crippen molar-refractivity contribution < 1.29 is 51.6 Å². The molecule has 0 aromatic heterocycles. The molecule has 11 heteroatoms. The maximum Gasteiger partial charge on any atom is 0.573 e. The molecule has 0 amide bonds. The molecule has 1 aromatic rings. The normalized spacial score (nSPS) is 11.8. The maximum absolute atomic E-state index is 12.3. The first kappa shape index (κ1) is 24.5. The molecule has 0 spiro atoms. The molecule has 0 bridgehead atoms. The Balaban J connectivity index is 2.33. The number of carbonyl (C=O) groups is 2. The van der Waals surface area contributed by atoms with Crippen LogP contribution < -0.4 is 9.47 Å². The lowest BCUT2D eigenvalue weighted by Gasteiger charge is -2.19. The molecule has 8 nitrogen and oxygen atoms in total. The lowest BCUT2D eigenvalue weighted by atomic mass is 10.2. The molecule has 0 aliphatic heterocycles. The van der Waals surface area contributed by atoms with Crippen molar-refractivity contribution in [2.24, 2.45) is 0 Å². The van der Waals surface area contributed by atoms with Crippen LogP contribution in [0.4, 0.5) is 13.2 Å². The number of hydrogen-bond acceptors (Lipinski definition) is 7. The minimum atomic E-state index is -4.96. The number of rotatable bonds is 11. The number of aromatic carboxylic acids is 1. The van der Waals surface area contributed by atoms with Gasteiger partial charge >= 0.3 is 18.3 Å². The van der Waals surface area contributed by atoms with Crippen molar-refractivity contribution in [3.63, 3.8) is 0 Å². The number of ether oxygens (including phenoxy) is 5. The number of benzene rings is 1. The van der Waals surface area contributed by atoms with E-state index in [1.807, 2.05) is 0 Å². The van der Waals surface area contributed by atoms with E-state index >= 15 is 0 Å². The van der Waals surface area contributed by atoms with E-state index < -0.39 is 35.2 Å². The first-order valence-corrected chi connectivity index (χ1v) is 8.50. The fourth-order valence-electron chi connectivity index (χ4n) is 1.94. The minimum Gasteiger partial charge on any atom is -0.491 e. The maximum atomic E-state index is 12.3. The van der Waals surface area contributed by atoms with Crippen LogP contribution >= 0.6 is 0 Å². The van der Waals surface area contributed by atoms with E-state index in [0.717, 1.165) is 18.2 Å². The van der Waals surface area contributed by atoms with Gasteiger partial charge in [0, 0.05) is 6.07 Å². The zero-order valence-corrected chi connectivity index (χ0v) is 16.2. The van der Waals surface area contributed by atoms with Gasteiger partial charge in [-0.1, -0.05) is 0 Å². The Bertz CT molecular complexity index is 683. The third-order valence-corrected chi connectivity index (χ3v) is 2.87. The lowest BCUT2D eigenvalue weighted by molar-refractivity contribution is -0.274. The van der Waals surface area contributed by atoms with E-state index in [1.54, 1.807) is 20.8 Å². The number of esters is 1. The summed E-state index contributed by atoms with van der Waals surface area (Å²) in [5.74, 6) is -2.75. The van der Waals surface area contributed by atoms with Crippen molar-refractivity contribution in [2.75, 3.05) is 33.0 Å². The lowest BCUT2D eigenvalue weighted by Crippen LogP contribution is -2.27. The molecule has 1 aromatic carbocycles. The van der Waals surface area contributed by atoms with Crippen LogP contribution in [-0.4, -0.2) is 62.0 Å². The molecule has 0 saturated heterocycles. The molecule has 29 heavy (non-hydrogen) atoms. The Morgan fingerprint density at radius 3 is 2.10 bits per heavy atom. The first-order valence-electron chi connectivity index (χ1n) is 8.50. The van der Waals surface area contributed by atoms with Gasteiger partial charge < -0.3 is 28.8 Å². The highest BCUT2D eigenvalue weighted by molar-refractivity contribution is 5.88. The number of halogens is 3. The molecule has 0 aliphatic rings. The summed E-state index contributed by atoms with van der Waals surface area (Å²) in [4.78, 5) is 22.4. The summed E-state index contributed by atoms with van der Waals surface area (Å²) in [5, 5.41) is 8.96.